The number of para-hydroxylation sites is 2. The molecule has 0 atom stereocenters. The number of hydrogen-bond acceptors (Lipinski definition) is 7. The quantitative estimate of drug-likeness (QED) is 0.531. The molecule has 0 amide bonds. The van der Waals surface area contributed by atoms with Crippen LogP contribution in [0.15, 0.2) is 60.8 Å². The lowest BCUT2D eigenvalue weighted by Crippen LogP contribution is -2.10. The molecule has 0 spiro atoms. The highest BCUT2D eigenvalue weighted by atomic mass is 16.5. The van der Waals surface area contributed by atoms with Crippen molar-refractivity contribution in [2.75, 3.05) is 30.9 Å². The summed E-state index contributed by atoms with van der Waals surface area (Å²) in [5, 5.41) is 6.39. The number of carbonyl (C=O) groups is 1. The molecule has 0 radical (unpaired) electrons. The summed E-state index contributed by atoms with van der Waals surface area (Å²) in [6.07, 6.45) is 2.45. The monoisotopic (exact) mass is 392 g/mol. The van der Waals surface area contributed by atoms with E-state index in [1.54, 1.807) is 44.5 Å². The summed E-state index contributed by atoms with van der Waals surface area (Å²) in [7, 11) is 1.67. The average molecular weight is 392 g/mol. The summed E-state index contributed by atoms with van der Waals surface area (Å²) in [6.45, 7) is 2.78. The molecule has 3 aromatic rings. The third-order valence-corrected chi connectivity index (χ3v) is 4.22. The van der Waals surface area contributed by atoms with Gasteiger partial charge in [0.25, 0.3) is 0 Å². The average Bonchev–Trinajstić information content (AvgIpc) is 2.75. The number of aromatic nitrogens is 2. The Bertz CT molecular complexity index is 962. The zero-order valence-corrected chi connectivity index (χ0v) is 16.5. The Morgan fingerprint density at radius 1 is 1.07 bits per heavy atom. The van der Waals surface area contributed by atoms with Crippen molar-refractivity contribution < 1.29 is 14.3 Å². The second-order valence-electron chi connectivity index (χ2n) is 6.15. The molecule has 1 heterocycles. The molecule has 0 aliphatic heterocycles. The maximum Gasteiger partial charge on any atom is 0.340 e. The first-order valence-corrected chi connectivity index (χ1v) is 9.43. The van der Waals surface area contributed by atoms with E-state index in [0.717, 1.165) is 17.7 Å². The molecule has 3 rings (SSSR count). The van der Waals surface area contributed by atoms with Gasteiger partial charge in [-0.1, -0.05) is 30.3 Å². The Labute approximate surface area is 170 Å². The molecule has 0 bridgehead atoms. The molecular weight excluding hydrogens is 368 g/mol. The number of carbonyl (C=O) groups excluding carboxylic acids is 1. The third kappa shape index (κ3) is 5.44. The third-order valence-electron chi connectivity index (χ3n) is 4.22. The number of rotatable bonds is 9. The SMILES string of the molecule is CCOC(=O)c1ccccc1Nc1nccc(NCCc2ccccc2OC)n1. The predicted octanol–water partition coefficient (Wildman–Crippen LogP) is 4.06. The van der Waals surface area contributed by atoms with Gasteiger partial charge < -0.3 is 20.1 Å². The summed E-state index contributed by atoms with van der Waals surface area (Å²) in [4.78, 5) is 20.8. The highest BCUT2D eigenvalue weighted by Crippen LogP contribution is 2.21. The van der Waals surface area contributed by atoms with Crippen molar-refractivity contribution in [1.29, 1.82) is 0 Å². The van der Waals surface area contributed by atoms with Crippen molar-refractivity contribution in [3.05, 3.63) is 71.9 Å². The minimum Gasteiger partial charge on any atom is -0.496 e. The van der Waals surface area contributed by atoms with Crippen LogP contribution in [0.25, 0.3) is 0 Å². The van der Waals surface area contributed by atoms with Crippen LogP contribution in [0.2, 0.25) is 0 Å². The molecule has 0 saturated heterocycles. The van der Waals surface area contributed by atoms with Gasteiger partial charge in [0.15, 0.2) is 0 Å². The molecule has 7 nitrogen and oxygen atoms in total. The van der Waals surface area contributed by atoms with Crippen molar-refractivity contribution in [2.24, 2.45) is 0 Å². The standard InChI is InChI=1S/C22H24N4O3/c1-3-29-21(27)17-9-5-6-10-18(17)25-22-24-15-13-20(26-22)23-14-12-16-8-4-7-11-19(16)28-2/h4-11,13,15H,3,12,14H2,1-2H3,(H2,23,24,25,26). The summed E-state index contributed by atoms with van der Waals surface area (Å²) < 4.78 is 10.5. The second-order valence-corrected chi connectivity index (χ2v) is 6.15. The molecule has 2 N–H and O–H groups in total. The molecule has 2 aromatic carbocycles. The van der Waals surface area contributed by atoms with E-state index in [9.17, 15) is 4.79 Å². The minimum absolute atomic E-state index is 0.315. The number of hydrogen-bond donors (Lipinski definition) is 2. The van der Waals surface area contributed by atoms with Gasteiger partial charge in [-0.25, -0.2) is 9.78 Å². The number of ether oxygens (including phenoxy) is 2. The van der Waals surface area contributed by atoms with Gasteiger partial charge in [0.1, 0.15) is 11.6 Å². The van der Waals surface area contributed by atoms with Gasteiger partial charge in [0.2, 0.25) is 5.95 Å². The van der Waals surface area contributed by atoms with Gasteiger partial charge in [-0.2, -0.15) is 4.98 Å². The fraction of sp³-hybridized carbons (Fsp3) is 0.227. The van der Waals surface area contributed by atoms with E-state index in [4.69, 9.17) is 9.47 Å². The Morgan fingerprint density at radius 3 is 2.69 bits per heavy atom. The lowest BCUT2D eigenvalue weighted by molar-refractivity contribution is 0.0527. The van der Waals surface area contributed by atoms with Crippen molar-refractivity contribution in [3.8, 4) is 5.75 Å². The Kier molecular flexibility index (Phi) is 7.00. The van der Waals surface area contributed by atoms with E-state index >= 15 is 0 Å². The first-order chi connectivity index (χ1) is 14.2. The van der Waals surface area contributed by atoms with E-state index in [-0.39, 0.29) is 5.97 Å². The summed E-state index contributed by atoms with van der Waals surface area (Å²) in [6, 6.07) is 16.8. The van der Waals surface area contributed by atoms with Crippen LogP contribution in [0.4, 0.5) is 17.5 Å². The first-order valence-electron chi connectivity index (χ1n) is 9.43. The fourth-order valence-electron chi connectivity index (χ4n) is 2.85. The van der Waals surface area contributed by atoms with Crippen LogP contribution in [-0.2, 0) is 11.2 Å². The van der Waals surface area contributed by atoms with Gasteiger partial charge >= 0.3 is 5.97 Å². The summed E-state index contributed by atoms with van der Waals surface area (Å²) >= 11 is 0. The highest BCUT2D eigenvalue weighted by Gasteiger charge is 2.13. The van der Waals surface area contributed by atoms with E-state index < -0.39 is 0 Å². The van der Waals surface area contributed by atoms with Gasteiger partial charge in [0, 0.05) is 12.7 Å². The van der Waals surface area contributed by atoms with Crippen LogP contribution in [-0.4, -0.2) is 36.2 Å². The van der Waals surface area contributed by atoms with Crippen molar-refractivity contribution in [2.45, 2.75) is 13.3 Å². The zero-order chi connectivity index (χ0) is 20.5. The van der Waals surface area contributed by atoms with Crippen LogP contribution in [0.5, 0.6) is 5.75 Å². The zero-order valence-electron chi connectivity index (χ0n) is 16.5. The van der Waals surface area contributed by atoms with Crippen LogP contribution < -0.4 is 15.4 Å². The topological polar surface area (TPSA) is 85.4 Å². The largest absolute Gasteiger partial charge is 0.496 e. The smallest absolute Gasteiger partial charge is 0.340 e. The van der Waals surface area contributed by atoms with E-state index in [1.165, 1.54) is 0 Å². The maximum atomic E-state index is 12.1. The molecule has 150 valence electrons. The molecule has 29 heavy (non-hydrogen) atoms. The molecule has 0 saturated carbocycles. The van der Waals surface area contributed by atoms with E-state index in [2.05, 4.69) is 20.6 Å². The van der Waals surface area contributed by atoms with Gasteiger partial charge in [0.05, 0.1) is 25.0 Å². The van der Waals surface area contributed by atoms with E-state index in [1.807, 2.05) is 30.3 Å². The van der Waals surface area contributed by atoms with Crippen LogP contribution in [0.1, 0.15) is 22.8 Å². The molecule has 0 fully saturated rings. The van der Waals surface area contributed by atoms with Gasteiger partial charge in [-0.15, -0.1) is 0 Å². The first kappa shape index (κ1) is 20.1. The number of benzene rings is 2. The Balaban J connectivity index is 1.65. The van der Waals surface area contributed by atoms with Crippen molar-refractivity contribution in [1.82, 2.24) is 9.97 Å². The molecular formula is C22H24N4O3. The lowest BCUT2D eigenvalue weighted by Gasteiger charge is -2.12. The van der Waals surface area contributed by atoms with E-state index in [0.29, 0.717) is 36.2 Å². The number of anilines is 3. The Morgan fingerprint density at radius 2 is 1.86 bits per heavy atom. The van der Waals surface area contributed by atoms with Gasteiger partial charge in [-0.3, -0.25) is 0 Å². The highest BCUT2D eigenvalue weighted by molar-refractivity contribution is 5.96. The second kappa shape index (κ2) is 10.1. The van der Waals surface area contributed by atoms with Crippen molar-refractivity contribution >= 4 is 23.4 Å². The molecule has 7 heteroatoms. The summed E-state index contributed by atoms with van der Waals surface area (Å²) in [5.41, 5.74) is 2.16. The fourth-order valence-corrected chi connectivity index (χ4v) is 2.85. The molecule has 0 aliphatic rings. The van der Waals surface area contributed by atoms with Crippen LogP contribution in [0.3, 0.4) is 0 Å². The predicted molar refractivity (Wildman–Crippen MR) is 113 cm³/mol. The Hall–Kier alpha value is -3.61. The number of nitrogens with zero attached hydrogens (tertiary/aromatic N) is 2. The minimum atomic E-state index is -0.387. The molecule has 0 aliphatic carbocycles. The van der Waals surface area contributed by atoms with Crippen LogP contribution >= 0.6 is 0 Å². The number of esters is 1. The lowest BCUT2D eigenvalue weighted by atomic mass is 10.1. The number of methoxy groups -OCH3 is 1. The molecule has 1 aromatic heterocycles. The maximum absolute atomic E-state index is 12.1. The number of nitrogens with one attached hydrogen (secondary N) is 2. The van der Waals surface area contributed by atoms with Gasteiger partial charge in [-0.05, 0) is 43.2 Å². The van der Waals surface area contributed by atoms with Crippen LogP contribution in [0, 0.1) is 0 Å². The normalized spacial score (nSPS) is 10.3. The molecule has 0 unspecified atom stereocenters. The van der Waals surface area contributed by atoms with Crippen molar-refractivity contribution in [3.63, 3.8) is 0 Å². The summed E-state index contributed by atoms with van der Waals surface area (Å²) in [5.74, 6) is 1.56.